The Labute approximate surface area is 159 Å². The van der Waals surface area contributed by atoms with Gasteiger partial charge in [-0.05, 0) is 29.8 Å². The summed E-state index contributed by atoms with van der Waals surface area (Å²) in [4.78, 5) is 12.1. The third kappa shape index (κ3) is 4.64. The highest BCUT2D eigenvalue weighted by atomic mass is 35.5. The van der Waals surface area contributed by atoms with Crippen LogP contribution in [0, 0.1) is 0 Å². The molecule has 0 bridgehead atoms. The molecule has 0 aliphatic heterocycles. The molecule has 0 aliphatic carbocycles. The lowest BCUT2D eigenvalue weighted by Crippen LogP contribution is -2.23. The van der Waals surface area contributed by atoms with E-state index in [0.29, 0.717) is 10.6 Å². The smallest absolute Gasteiger partial charge is 0.270 e. The second-order valence-corrected chi connectivity index (χ2v) is 8.50. The maximum Gasteiger partial charge on any atom is 0.270 e. The molecule has 134 valence electrons. The Balaban J connectivity index is 1.66. The van der Waals surface area contributed by atoms with Gasteiger partial charge in [0.2, 0.25) is 9.47 Å². The highest BCUT2D eigenvalue weighted by Crippen LogP contribution is 2.21. The molecule has 1 amide bonds. The minimum atomic E-state index is -3.82. The molecule has 3 aromatic rings. The van der Waals surface area contributed by atoms with Crippen LogP contribution in [0.15, 0.2) is 58.9 Å². The Morgan fingerprint density at radius 1 is 1.04 bits per heavy atom. The number of sulfonamides is 1. The summed E-state index contributed by atoms with van der Waals surface area (Å²) in [5, 5.41) is 10.5. The molecule has 2 aromatic carbocycles. The highest BCUT2D eigenvalue weighted by molar-refractivity contribution is 7.91. The molecule has 0 aliphatic rings. The van der Waals surface area contributed by atoms with Gasteiger partial charge < -0.3 is 0 Å². The summed E-state index contributed by atoms with van der Waals surface area (Å²) in [6, 6.07) is 15.4. The second kappa shape index (κ2) is 7.92. The summed E-state index contributed by atoms with van der Waals surface area (Å²) in [7, 11) is -3.82. The van der Waals surface area contributed by atoms with Gasteiger partial charge in [-0.1, -0.05) is 53.3 Å². The number of halogens is 1. The van der Waals surface area contributed by atoms with Gasteiger partial charge in [-0.2, -0.15) is 0 Å². The zero-order valence-corrected chi connectivity index (χ0v) is 15.6. The topological polar surface area (TPSA) is 101 Å². The van der Waals surface area contributed by atoms with Gasteiger partial charge >= 0.3 is 0 Å². The van der Waals surface area contributed by atoms with Crippen LogP contribution in [0.1, 0.15) is 15.9 Å². The van der Waals surface area contributed by atoms with Crippen molar-refractivity contribution in [3.05, 3.63) is 70.7 Å². The van der Waals surface area contributed by atoms with Crippen LogP contribution in [0.2, 0.25) is 5.02 Å². The number of amides is 1. The number of aromatic nitrogens is 2. The number of anilines is 1. The van der Waals surface area contributed by atoms with Crippen molar-refractivity contribution in [2.45, 2.75) is 10.9 Å². The van der Waals surface area contributed by atoms with Crippen molar-refractivity contribution in [2.24, 2.45) is 0 Å². The summed E-state index contributed by atoms with van der Waals surface area (Å²) < 4.78 is 26.8. The lowest BCUT2D eigenvalue weighted by molar-refractivity contribution is 0.102. The second-order valence-electron chi connectivity index (χ2n) is 5.14. The fourth-order valence-electron chi connectivity index (χ4n) is 1.98. The monoisotopic (exact) mass is 408 g/mol. The number of nitrogens with zero attached hydrogens (tertiary/aromatic N) is 2. The molecule has 7 nitrogen and oxygen atoms in total. The minimum absolute atomic E-state index is 0.0880. The van der Waals surface area contributed by atoms with Crippen molar-refractivity contribution >= 4 is 44.0 Å². The first-order valence-electron chi connectivity index (χ1n) is 7.38. The van der Waals surface area contributed by atoms with Crippen molar-refractivity contribution in [1.29, 1.82) is 0 Å². The molecule has 26 heavy (non-hydrogen) atoms. The lowest BCUT2D eigenvalue weighted by atomic mass is 10.2. The number of nitrogens with one attached hydrogen (secondary N) is 2. The molecule has 0 radical (unpaired) electrons. The molecule has 0 fully saturated rings. The number of hydrogen-bond donors (Lipinski definition) is 2. The van der Waals surface area contributed by atoms with Crippen LogP contribution in [0.5, 0.6) is 0 Å². The van der Waals surface area contributed by atoms with E-state index < -0.39 is 15.9 Å². The third-order valence-electron chi connectivity index (χ3n) is 3.27. The van der Waals surface area contributed by atoms with Gasteiger partial charge in [0.1, 0.15) is 0 Å². The predicted octanol–water partition coefficient (Wildman–Crippen LogP) is 2.92. The van der Waals surface area contributed by atoms with Crippen molar-refractivity contribution < 1.29 is 13.2 Å². The standard InChI is InChI=1S/C16H13ClN4O3S2/c17-13-8-6-12(7-9-13)14(22)19-15-20-21-16(25-15)26(23,24)18-10-11-4-2-1-3-5-11/h1-9,18H,10H2,(H,19,20,22). The van der Waals surface area contributed by atoms with Gasteiger partial charge in [0.25, 0.3) is 15.9 Å². The van der Waals surface area contributed by atoms with Crippen LogP contribution in [0.25, 0.3) is 0 Å². The molecule has 3 rings (SSSR count). The molecule has 0 spiro atoms. The van der Waals surface area contributed by atoms with E-state index in [1.54, 1.807) is 36.4 Å². The SMILES string of the molecule is O=C(Nc1nnc(S(=O)(=O)NCc2ccccc2)s1)c1ccc(Cl)cc1. The zero-order chi connectivity index (χ0) is 18.6. The number of benzene rings is 2. The van der Waals surface area contributed by atoms with Gasteiger partial charge in [-0.25, -0.2) is 13.1 Å². The van der Waals surface area contributed by atoms with E-state index in [9.17, 15) is 13.2 Å². The first kappa shape index (κ1) is 18.5. The van der Waals surface area contributed by atoms with Crippen LogP contribution in [-0.2, 0) is 16.6 Å². The third-order valence-corrected chi connectivity index (χ3v) is 6.13. The Kier molecular flexibility index (Phi) is 5.62. The summed E-state index contributed by atoms with van der Waals surface area (Å²) in [5.74, 6) is -0.431. The van der Waals surface area contributed by atoms with E-state index in [1.807, 2.05) is 18.2 Å². The van der Waals surface area contributed by atoms with Gasteiger partial charge in [-0.15, -0.1) is 10.2 Å². The van der Waals surface area contributed by atoms with Crippen molar-refractivity contribution in [3.8, 4) is 0 Å². The lowest BCUT2D eigenvalue weighted by Gasteiger charge is -2.03. The van der Waals surface area contributed by atoms with E-state index in [2.05, 4.69) is 20.2 Å². The van der Waals surface area contributed by atoms with Crippen LogP contribution < -0.4 is 10.0 Å². The average molecular weight is 409 g/mol. The minimum Gasteiger partial charge on any atom is -0.296 e. The Morgan fingerprint density at radius 2 is 1.73 bits per heavy atom. The molecule has 0 saturated carbocycles. The first-order valence-corrected chi connectivity index (χ1v) is 10.1. The number of hydrogen-bond acceptors (Lipinski definition) is 6. The van der Waals surface area contributed by atoms with Crippen LogP contribution in [0.4, 0.5) is 5.13 Å². The number of carbonyl (C=O) groups excluding carboxylic acids is 1. The Morgan fingerprint density at radius 3 is 2.42 bits per heavy atom. The summed E-state index contributed by atoms with van der Waals surface area (Å²) in [6.07, 6.45) is 0. The van der Waals surface area contributed by atoms with Gasteiger partial charge in [0.15, 0.2) is 0 Å². The van der Waals surface area contributed by atoms with E-state index in [4.69, 9.17) is 11.6 Å². The van der Waals surface area contributed by atoms with Crippen LogP contribution >= 0.6 is 22.9 Å². The number of rotatable bonds is 6. The van der Waals surface area contributed by atoms with Crippen molar-refractivity contribution in [2.75, 3.05) is 5.32 Å². The Hall–Kier alpha value is -2.33. The molecule has 0 unspecified atom stereocenters. The molecule has 1 aromatic heterocycles. The molecular weight excluding hydrogens is 396 g/mol. The average Bonchev–Trinajstić information content (AvgIpc) is 3.11. The largest absolute Gasteiger partial charge is 0.296 e. The van der Waals surface area contributed by atoms with E-state index >= 15 is 0 Å². The summed E-state index contributed by atoms with van der Waals surface area (Å²) >= 11 is 6.55. The van der Waals surface area contributed by atoms with Gasteiger partial charge in [0, 0.05) is 17.1 Å². The van der Waals surface area contributed by atoms with Crippen molar-refractivity contribution in [3.63, 3.8) is 0 Å². The predicted molar refractivity (Wildman–Crippen MR) is 99.8 cm³/mol. The highest BCUT2D eigenvalue weighted by Gasteiger charge is 2.21. The van der Waals surface area contributed by atoms with Crippen molar-refractivity contribution in [1.82, 2.24) is 14.9 Å². The summed E-state index contributed by atoms with van der Waals surface area (Å²) in [6.45, 7) is 0.134. The van der Waals surface area contributed by atoms with Gasteiger partial charge in [-0.3, -0.25) is 10.1 Å². The van der Waals surface area contributed by atoms with E-state index in [1.165, 1.54) is 0 Å². The van der Waals surface area contributed by atoms with E-state index in [-0.39, 0.29) is 16.0 Å². The molecule has 0 saturated heterocycles. The fourth-order valence-corrected chi connectivity index (χ4v) is 4.05. The maximum absolute atomic E-state index is 12.3. The first-order chi connectivity index (χ1) is 12.4. The zero-order valence-electron chi connectivity index (χ0n) is 13.2. The number of carbonyl (C=O) groups is 1. The molecule has 1 heterocycles. The summed E-state index contributed by atoms with van der Waals surface area (Å²) in [5.41, 5.74) is 1.19. The van der Waals surface area contributed by atoms with Crippen LogP contribution in [-0.4, -0.2) is 24.5 Å². The fraction of sp³-hybridized carbons (Fsp3) is 0.0625. The molecule has 10 heteroatoms. The normalized spacial score (nSPS) is 11.3. The quantitative estimate of drug-likeness (QED) is 0.610. The van der Waals surface area contributed by atoms with E-state index in [0.717, 1.165) is 16.9 Å². The molecular formula is C16H13ClN4O3S2. The van der Waals surface area contributed by atoms with Crippen LogP contribution in [0.3, 0.4) is 0 Å². The molecule has 2 N–H and O–H groups in total. The Bertz CT molecular complexity index is 1010. The van der Waals surface area contributed by atoms with Gasteiger partial charge in [0.05, 0.1) is 0 Å². The maximum atomic E-state index is 12.3. The molecule has 0 atom stereocenters.